The van der Waals surface area contributed by atoms with Crippen molar-refractivity contribution in [2.24, 2.45) is 0 Å². The molecule has 1 saturated heterocycles. The first-order valence-corrected chi connectivity index (χ1v) is 6.68. The standard InChI is InChI=1S/C14H16ClNO3/c1-9-5-6-10(15)8-11(9)13(17)16-7-3-2-4-12(16)14(18)19/h5-6,8,12H,2-4,7H2,1H3,(H,18,19)/t12-/m1/s1. The SMILES string of the molecule is Cc1ccc(Cl)cc1C(=O)N1CCCC[C@@H]1C(=O)O. The molecule has 0 unspecified atom stereocenters. The third-order valence-corrected chi connectivity index (χ3v) is 3.71. The zero-order valence-electron chi connectivity index (χ0n) is 10.7. The molecule has 19 heavy (non-hydrogen) atoms. The molecule has 0 aliphatic carbocycles. The Kier molecular flexibility index (Phi) is 4.10. The van der Waals surface area contributed by atoms with E-state index in [1.54, 1.807) is 18.2 Å². The lowest BCUT2D eigenvalue weighted by Gasteiger charge is -2.33. The van der Waals surface area contributed by atoms with E-state index in [0.717, 1.165) is 18.4 Å². The molecular weight excluding hydrogens is 266 g/mol. The molecule has 1 aliphatic rings. The Morgan fingerprint density at radius 1 is 1.37 bits per heavy atom. The minimum atomic E-state index is -0.937. The smallest absolute Gasteiger partial charge is 0.326 e. The van der Waals surface area contributed by atoms with Gasteiger partial charge in [0.25, 0.3) is 5.91 Å². The maximum atomic E-state index is 12.5. The first-order valence-electron chi connectivity index (χ1n) is 6.30. The Morgan fingerprint density at radius 3 is 2.79 bits per heavy atom. The van der Waals surface area contributed by atoms with E-state index in [2.05, 4.69) is 0 Å². The van der Waals surface area contributed by atoms with Crippen LogP contribution in [-0.2, 0) is 4.79 Å². The normalized spacial score (nSPS) is 19.3. The van der Waals surface area contributed by atoms with Crippen LogP contribution in [0.5, 0.6) is 0 Å². The monoisotopic (exact) mass is 281 g/mol. The molecule has 102 valence electrons. The summed E-state index contributed by atoms with van der Waals surface area (Å²) < 4.78 is 0. The topological polar surface area (TPSA) is 57.6 Å². The van der Waals surface area contributed by atoms with E-state index in [1.165, 1.54) is 4.90 Å². The molecule has 1 aliphatic heterocycles. The summed E-state index contributed by atoms with van der Waals surface area (Å²) in [6.45, 7) is 2.31. The number of carboxylic acid groups (broad SMARTS) is 1. The molecule has 0 bridgehead atoms. The van der Waals surface area contributed by atoms with Gasteiger partial charge >= 0.3 is 5.97 Å². The van der Waals surface area contributed by atoms with Crippen molar-refractivity contribution in [1.29, 1.82) is 0 Å². The lowest BCUT2D eigenvalue weighted by molar-refractivity contribution is -0.143. The molecule has 0 radical (unpaired) electrons. The predicted octanol–water partition coefficient (Wildman–Crippen LogP) is 2.73. The third-order valence-electron chi connectivity index (χ3n) is 3.48. The van der Waals surface area contributed by atoms with E-state index >= 15 is 0 Å². The number of rotatable bonds is 2. The number of amides is 1. The minimum Gasteiger partial charge on any atom is -0.480 e. The molecule has 0 saturated carbocycles. The number of likely N-dealkylation sites (tertiary alicyclic amines) is 1. The van der Waals surface area contributed by atoms with Crippen LogP contribution in [0.3, 0.4) is 0 Å². The lowest BCUT2D eigenvalue weighted by atomic mass is 9.99. The van der Waals surface area contributed by atoms with E-state index in [4.69, 9.17) is 11.6 Å². The van der Waals surface area contributed by atoms with Crippen molar-refractivity contribution < 1.29 is 14.7 Å². The Bertz CT molecular complexity index is 515. The maximum Gasteiger partial charge on any atom is 0.326 e. The molecular formula is C14H16ClNO3. The van der Waals surface area contributed by atoms with Crippen LogP contribution >= 0.6 is 11.6 Å². The fourth-order valence-corrected chi connectivity index (χ4v) is 2.58. The van der Waals surface area contributed by atoms with Crippen LogP contribution in [0.4, 0.5) is 0 Å². The molecule has 1 fully saturated rings. The van der Waals surface area contributed by atoms with Crippen LogP contribution in [0.2, 0.25) is 5.02 Å². The van der Waals surface area contributed by atoms with Gasteiger partial charge in [-0.05, 0) is 43.9 Å². The van der Waals surface area contributed by atoms with Crippen molar-refractivity contribution in [3.8, 4) is 0 Å². The van der Waals surface area contributed by atoms with Gasteiger partial charge in [-0.3, -0.25) is 4.79 Å². The van der Waals surface area contributed by atoms with Crippen molar-refractivity contribution in [2.75, 3.05) is 6.54 Å². The second kappa shape index (κ2) is 5.61. The summed E-state index contributed by atoms with van der Waals surface area (Å²) in [5, 5.41) is 9.69. The average Bonchev–Trinajstić information content (AvgIpc) is 2.40. The summed E-state index contributed by atoms with van der Waals surface area (Å²) in [5.74, 6) is -1.18. The number of halogens is 1. The van der Waals surface area contributed by atoms with Crippen LogP contribution in [0.15, 0.2) is 18.2 Å². The number of piperidine rings is 1. The number of carboxylic acids is 1. The fraction of sp³-hybridized carbons (Fsp3) is 0.429. The highest BCUT2D eigenvalue weighted by atomic mass is 35.5. The Labute approximate surface area is 117 Å². The third kappa shape index (κ3) is 2.89. The molecule has 1 heterocycles. The van der Waals surface area contributed by atoms with Gasteiger partial charge in [0.1, 0.15) is 6.04 Å². The zero-order valence-corrected chi connectivity index (χ0v) is 11.5. The number of carbonyl (C=O) groups excluding carboxylic acids is 1. The van der Waals surface area contributed by atoms with Crippen LogP contribution in [0.1, 0.15) is 35.2 Å². The van der Waals surface area contributed by atoms with Crippen molar-refractivity contribution in [1.82, 2.24) is 4.90 Å². The second-order valence-corrected chi connectivity index (χ2v) is 5.24. The first kappa shape index (κ1) is 13.9. The van der Waals surface area contributed by atoms with Gasteiger partial charge in [-0.1, -0.05) is 17.7 Å². The van der Waals surface area contributed by atoms with E-state index in [9.17, 15) is 14.7 Å². The highest BCUT2D eigenvalue weighted by Gasteiger charge is 2.32. The van der Waals surface area contributed by atoms with Crippen molar-refractivity contribution in [3.05, 3.63) is 34.3 Å². The average molecular weight is 282 g/mol. The van der Waals surface area contributed by atoms with Crippen molar-refractivity contribution in [2.45, 2.75) is 32.2 Å². The van der Waals surface area contributed by atoms with Crippen LogP contribution < -0.4 is 0 Å². The number of nitrogens with zero attached hydrogens (tertiary/aromatic N) is 1. The first-order chi connectivity index (χ1) is 9.00. The summed E-state index contributed by atoms with van der Waals surface area (Å²) in [4.78, 5) is 25.2. The second-order valence-electron chi connectivity index (χ2n) is 4.81. The summed E-state index contributed by atoms with van der Waals surface area (Å²) >= 11 is 5.91. The van der Waals surface area contributed by atoms with Crippen LogP contribution in [0, 0.1) is 6.92 Å². The quantitative estimate of drug-likeness (QED) is 0.907. The number of benzene rings is 1. The minimum absolute atomic E-state index is 0.243. The molecule has 0 aromatic heterocycles. The van der Waals surface area contributed by atoms with Crippen molar-refractivity contribution in [3.63, 3.8) is 0 Å². The molecule has 1 atom stereocenters. The van der Waals surface area contributed by atoms with Gasteiger partial charge < -0.3 is 10.0 Å². The molecule has 1 aromatic carbocycles. The van der Waals surface area contributed by atoms with Crippen molar-refractivity contribution >= 4 is 23.5 Å². The fourth-order valence-electron chi connectivity index (χ4n) is 2.41. The van der Waals surface area contributed by atoms with Gasteiger partial charge in [0, 0.05) is 17.1 Å². The summed E-state index contributed by atoms with van der Waals surface area (Å²) in [7, 11) is 0. The zero-order chi connectivity index (χ0) is 14.0. The van der Waals surface area contributed by atoms with Gasteiger partial charge in [-0.25, -0.2) is 4.79 Å². The molecule has 1 N–H and O–H groups in total. The number of aliphatic carboxylic acids is 1. The number of hydrogen-bond acceptors (Lipinski definition) is 2. The van der Waals surface area contributed by atoms with Crippen LogP contribution in [0.25, 0.3) is 0 Å². The van der Waals surface area contributed by atoms with E-state index in [0.29, 0.717) is 23.6 Å². The highest BCUT2D eigenvalue weighted by Crippen LogP contribution is 2.23. The molecule has 0 spiro atoms. The highest BCUT2D eigenvalue weighted by molar-refractivity contribution is 6.31. The number of hydrogen-bond donors (Lipinski definition) is 1. The largest absolute Gasteiger partial charge is 0.480 e. The number of carbonyl (C=O) groups is 2. The number of aryl methyl sites for hydroxylation is 1. The van der Waals surface area contributed by atoms with Crippen LogP contribution in [-0.4, -0.2) is 34.5 Å². The van der Waals surface area contributed by atoms with Gasteiger partial charge in [0.15, 0.2) is 0 Å². The molecule has 1 amide bonds. The molecule has 5 heteroatoms. The maximum absolute atomic E-state index is 12.5. The molecule has 4 nitrogen and oxygen atoms in total. The predicted molar refractivity (Wildman–Crippen MR) is 72.5 cm³/mol. The Morgan fingerprint density at radius 2 is 2.11 bits per heavy atom. The van der Waals surface area contributed by atoms with Gasteiger partial charge in [0.2, 0.25) is 0 Å². The van der Waals surface area contributed by atoms with Gasteiger partial charge in [-0.2, -0.15) is 0 Å². The van der Waals surface area contributed by atoms with Gasteiger partial charge in [-0.15, -0.1) is 0 Å². The molecule has 1 aromatic rings. The molecule has 2 rings (SSSR count). The summed E-state index contributed by atoms with van der Waals surface area (Å²) in [5.41, 5.74) is 1.30. The lowest BCUT2D eigenvalue weighted by Crippen LogP contribution is -2.48. The van der Waals surface area contributed by atoms with E-state index in [1.807, 2.05) is 6.92 Å². The summed E-state index contributed by atoms with van der Waals surface area (Å²) in [6.07, 6.45) is 2.20. The Balaban J connectivity index is 2.31. The van der Waals surface area contributed by atoms with E-state index in [-0.39, 0.29) is 5.91 Å². The summed E-state index contributed by atoms with van der Waals surface area (Å²) in [6, 6.07) is 4.38. The van der Waals surface area contributed by atoms with Gasteiger partial charge in [0.05, 0.1) is 0 Å². The Hall–Kier alpha value is -1.55. The van der Waals surface area contributed by atoms with E-state index < -0.39 is 12.0 Å².